The van der Waals surface area contributed by atoms with Crippen LogP contribution in [0.4, 0.5) is 0 Å². The molecule has 21 heavy (non-hydrogen) atoms. The Balaban J connectivity index is 1.93. The van der Waals surface area contributed by atoms with E-state index in [0.29, 0.717) is 5.56 Å². The summed E-state index contributed by atoms with van der Waals surface area (Å²) in [5.41, 5.74) is 6.15. The maximum absolute atomic E-state index is 11.8. The molecule has 2 aromatic carbocycles. The molecule has 4 heteroatoms. The first kappa shape index (κ1) is 14.8. The minimum absolute atomic E-state index is 0.136. The molecule has 0 aromatic heterocycles. The van der Waals surface area contributed by atoms with Crippen LogP contribution in [0.1, 0.15) is 22.3 Å². The van der Waals surface area contributed by atoms with E-state index in [2.05, 4.69) is 10.5 Å². The molecule has 0 aliphatic carbocycles. The topological polar surface area (TPSA) is 61.7 Å². The number of nitrogens with one attached hydrogen (secondary N) is 1. The van der Waals surface area contributed by atoms with Crippen LogP contribution >= 0.6 is 0 Å². The number of hydrogen-bond acceptors (Lipinski definition) is 3. The van der Waals surface area contributed by atoms with Crippen LogP contribution in [0, 0.1) is 13.8 Å². The van der Waals surface area contributed by atoms with Crippen LogP contribution in [0.5, 0.6) is 5.75 Å². The van der Waals surface area contributed by atoms with Gasteiger partial charge in [0.05, 0.1) is 12.6 Å². The molecular weight excluding hydrogens is 264 g/mol. The van der Waals surface area contributed by atoms with Crippen molar-refractivity contribution in [3.63, 3.8) is 0 Å². The Labute approximate surface area is 124 Å². The summed E-state index contributed by atoms with van der Waals surface area (Å²) in [6.07, 6.45) is 1.72. The van der Waals surface area contributed by atoms with Crippen molar-refractivity contribution in [1.82, 2.24) is 5.43 Å². The number of benzene rings is 2. The average molecular weight is 282 g/mol. The summed E-state index contributed by atoms with van der Waals surface area (Å²) in [7, 11) is 0. The molecule has 2 N–H and O–H groups in total. The van der Waals surface area contributed by atoms with E-state index in [0.717, 1.165) is 16.7 Å². The Morgan fingerprint density at radius 3 is 2.52 bits per heavy atom. The van der Waals surface area contributed by atoms with E-state index in [-0.39, 0.29) is 18.1 Å². The van der Waals surface area contributed by atoms with Gasteiger partial charge in [0.2, 0.25) is 5.91 Å². The molecule has 0 bridgehead atoms. The van der Waals surface area contributed by atoms with Crippen molar-refractivity contribution >= 4 is 12.1 Å². The summed E-state index contributed by atoms with van der Waals surface area (Å²) in [5.74, 6) is -0.0561. The number of carbonyl (C=O) groups excluding carboxylic acids is 1. The first-order valence-corrected chi connectivity index (χ1v) is 6.71. The van der Waals surface area contributed by atoms with Gasteiger partial charge in [-0.25, -0.2) is 5.43 Å². The lowest BCUT2D eigenvalue weighted by molar-refractivity contribution is -0.120. The zero-order valence-electron chi connectivity index (χ0n) is 12.1. The second kappa shape index (κ2) is 6.70. The van der Waals surface area contributed by atoms with Gasteiger partial charge < -0.3 is 5.11 Å². The van der Waals surface area contributed by atoms with Crippen molar-refractivity contribution in [2.45, 2.75) is 20.3 Å². The number of nitrogens with zero attached hydrogens (tertiary/aromatic N) is 1. The van der Waals surface area contributed by atoms with Gasteiger partial charge in [-0.2, -0.15) is 5.10 Å². The van der Waals surface area contributed by atoms with Crippen LogP contribution in [-0.4, -0.2) is 17.2 Å². The molecule has 0 aliphatic heterocycles. The molecule has 2 rings (SSSR count). The van der Waals surface area contributed by atoms with E-state index in [1.807, 2.05) is 44.2 Å². The highest BCUT2D eigenvalue weighted by Gasteiger charge is 2.02. The van der Waals surface area contributed by atoms with Crippen LogP contribution in [0.15, 0.2) is 47.6 Å². The first-order chi connectivity index (χ1) is 10.0. The molecule has 2 aromatic rings. The van der Waals surface area contributed by atoms with Crippen LogP contribution < -0.4 is 5.43 Å². The molecule has 0 saturated carbocycles. The fraction of sp³-hybridized carbons (Fsp3) is 0.176. The van der Waals surface area contributed by atoms with Gasteiger partial charge in [0.1, 0.15) is 5.75 Å². The lowest BCUT2D eigenvalue weighted by Gasteiger charge is -2.02. The molecule has 0 spiro atoms. The molecule has 0 fully saturated rings. The Morgan fingerprint density at radius 2 is 1.81 bits per heavy atom. The quantitative estimate of drug-likeness (QED) is 0.669. The zero-order chi connectivity index (χ0) is 15.2. The average Bonchev–Trinajstić information content (AvgIpc) is 2.45. The highest BCUT2D eigenvalue weighted by molar-refractivity contribution is 5.85. The number of hydrazone groups is 1. The fourth-order valence-corrected chi connectivity index (χ4v) is 1.88. The van der Waals surface area contributed by atoms with Gasteiger partial charge in [-0.15, -0.1) is 0 Å². The Hall–Kier alpha value is -2.62. The predicted octanol–water partition coefficient (Wildman–Crippen LogP) is 2.70. The number of hydrogen-bond donors (Lipinski definition) is 2. The number of phenols is 1. The lowest BCUT2D eigenvalue weighted by atomic mass is 10.1. The molecule has 0 heterocycles. The van der Waals surface area contributed by atoms with Crippen molar-refractivity contribution in [3.05, 3.63) is 64.7 Å². The van der Waals surface area contributed by atoms with E-state index in [1.165, 1.54) is 6.21 Å². The highest BCUT2D eigenvalue weighted by atomic mass is 16.3. The first-order valence-electron chi connectivity index (χ1n) is 6.71. The fourth-order valence-electron chi connectivity index (χ4n) is 1.88. The van der Waals surface area contributed by atoms with Crippen LogP contribution in [-0.2, 0) is 11.2 Å². The van der Waals surface area contributed by atoms with Crippen molar-refractivity contribution in [2.24, 2.45) is 5.10 Å². The van der Waals surface area contributed by atoms with Crippen LogP contribution in [0.3, 0.4) is 0 Å². The number of carbonyl (C=O) groups is 1. The van der Waals surface area contributed by atoms with Crippen molar-refractivity contribution in [2.75, 3.05) is 0 Å². The Bertz CT molecular complexity index is 661. The third kappa shape index (κ3) is 4.45. The number of aryl methyl sites for hydroxylation is 2. The van der Waals surface area contributed by atoms with E-state index in [4.69, 9.17) is 0 Å². The monoisotopic (exact) mass is 282 g/mol. The molecule has 0 aliphatic rings. The number of phenolic OH excluding ortho intramolecular Hbond substituents is 1. The maximum atomic E-state index is 11.8. The summed E-state index contributed by atoms with van der Waals surface area (Å²) in [4.78, 5) is 11.8. The largest absolute Gasteiger partial charge is 0.507 e. The van der Waals surface area contributed by atoms with Gasteiger partial charge in [0.25, 0.3) is 0 Å². The molecule has 0 unspecified atom stereocenters. The van der Waals surface area contributed by atoms with E-state index >= 15 is 0 Å². The smallest absolute Gasteiger partial charge is 0.244 e. The lowest BCUT2D eigenvalue weighted by Crippen LogP contribution is -2.19. The normalized spacial score (nSPS) is 10.8. The second-order valence-corrected chi connectivity index (χ2v) is 5.02. The van der Waals surface area contributed by atoms with Gasteiger partial charge in [0.15, 0.2) is 0 Å². The summed E-state index contributed by atoms with van der Waals surface area (Å²) in [6.45, 7) is 3.93. The van der Waals surface area contributed by atoms with Crippen molar-refractivity contribution in [1.29, 1.82) is 0 Å². The minimum Gasteiger partial charge on any atom is -0.507 e. The highest BCUT2D eigenvalue weighted by Crippen LogP contribution is 2.15. The van der Waals surface area contributed by atoms with Crippen LogP contribution in [0.25, 0.3) is 0 Å². The molecule has 0 saturated heterocycles. The Morgan fingerprint density at radius 1 is 1.14 bits per heavy atom. The number of aromatic hydroxyl groups is 1. The third-order valence-corrected chi connectivity index (χ3v) is 3.06. The third-order valence-electron chi connectivity index (χ3n) is 3.06. The molecule has 108 valence electrons. The maximum Gasteiger partial charge on any atom is 0.244 e. The molecule has 1 amide bonds. The van der Waals surface area contributed by atoms with Gasteiger partial charge >= 0.3 is 0 Å². The van der Waals surface area contributed by atoms with Gasteiger partial charge in [-0.05, 0) is 31.5 Å². The molecule has 0 radical (unpaired) electrons. The summed E-state index contributed by atoms with van der Waals surface area (Å²) < 4.78 is 0. The van der Waals surface area contributed by atoms with Crippen molar-refractivity contribution in [3.8, 4) is 5.75 Å². The molecule has 4 nitrogen and oxygen atoms in total. The zero-order valence-corrected chi connectivity index (χ0v) is 12.1. The Kier molecular flexibility index (Phi) is 4.72. The molecule has 0 atom stereocenters. The minimum atomic E-state index is -0.192. The van der Waals surface area contributed by atoms with Gasteiger partial charge in [0, 0.05) is 5.56 Å². The number of rotatable bonds is 4. The van der Waals surface area contributed by atoms with Gasteiger partial charge in [-0.1, -0.05) is 41.5 Å². The second-order valence-electron chi connectivity index (χ2n) is 5.02. The summed E-state index contributed by atoms with van der Waals surface area (Å²) >= 11 is 0. The standard InChI is InChI=1S/C17H18N2O2/c1-12-3-6-14(7-4-12)10-17(21)19-18-11-15-9-13(2)5-8-16(15)20/h3-9,11,20H,10H2,1-2H3,(H,19,21)/b18-11+. The van der Waals surface area contributed by atoms with Gasteiger partial charge in [-0.3, -0.25) is 4.79 Å². The van der Waals surface area contributed by atoms with Crippen LogP contribution in [0.2, 0.25) is 0 Å². The van der Waals surface area contributed by atoms with Crippen molar-refractivity contribution < 1.29 is 9.90 Å². The number of amides is 1. The summed E-state index contributed by atoms with van der Waals surface area (Å²) in [5, 5.41) is 13.5. The van der Waals surface area contributed by atoms with E-state index in [1.54, 1.807) is 12.1 Å². The summed E-state index contributed by atoms with van der Waals surface area (Å²) in [6, 6.07) is 13.0. The predicted molar refractivity (Wildman–Crippen MR) is 83.5 cm³/mol. The van der Waals surface area contributed by atoms with E-state index in [9.17, 15) is 9.90 Å². The molecular formula is C17H18N2O2. The van der Waals surface area contributed by atoms with E-state index < -0.39 is 0 Å². The SMILES string of the molecule is Cc1ccc(CC(=O)N/N=C/c2cc(C)ccc2O)cc1.